The molecule has 0 unspecified atom stereocenters. The molecule has 0 aromatic heterocycles. The number of rotatable bonds is 3. The van der Waals surface area contributed by atoms with Crippen molar-refractivity contribution in [2.45, 2.75) is 77.9 Å². The SMILES string of the molecule is CC(=O)OCC(=O)[C@]1(O)CC[C@@H]2[C@@H]3C[C@@H](C)C4=CC(=O)CC[C@]4(C)[C@@H]3[C@@H](O)C[C@@]21C. The molecule has 3 fully saturated rings. The van der Waals surface area contributed by atoms with Gasteiger partial charge in [-0.3, -0.25) is 14.4 Å². The van der Waals surface area contributed by atoms with Crippen molar-refractivity contribution in [2.75, 3.05) is 6.61 Å². The summed E-state index contributed by atoms with van der Waals surface area (Å²) < 4.78 is 4.90. The lowest BCUT2D eigenvalue weighted by atomic mass is 9.44. The summed E-state index contributed by atoms with van der Waals surface area (Å²) in [7, 11) is 0. The predicted molar refractivity (Wildman–Crippen MR) is 109 cm³/mol. The van der Waals surface area contributed by atoms with Gasteiger partial charge in [0.2, 0.25) is 5.78 Å². The van der Waals surface area contributed by atoms with E-state index in [4.69, 9.17) is 4.74 Å². The van der Waals surface area contributed by atoms with E-state index in [1.165, 1.54) is 12.5 Å². The van der Waals surface area contributed by atoms with Gasteiger partial charge in [0, 0.05) is 18.8 Å². The lowest BCUT2D eigenvalue weighted by molar-refractivity contribution is -0.186. The first-order chi connectivity index (χ1) is 13.9. The highest BCUT2D eigenvalue weighted by molar-refractivity contribution is 5.92. The molecule has 0 radical (unpaired) electrons. The van der Waals surface area contributed by atoms with E-state index in [0.717, 1.165) is 12.8 Å². The molecule has 0 aromatic rings. The fourth-order valence-electron chi connectivity index (χ4n) is 7.87. The van der Waals surface area contributed by atoms with Crippen LogP contribution in [-0.2, 0) is 19.1 Å². The van der Waals surface area contributed by atoms with Crippen molar-refractivity contribution in [2.24, 2.45) is 34.5 Å². The number of ketones is 2. The largest absolute Gasteiger partial charge is 0.458 e. The molecule has 2 N–H and O–H groups in total. The van der Waals surface area contributed by atoms with Crippen molar-refractivity contribution in [1.29, 1.82) is 0 Å². The molecule has 0 spiro atoms. The Morgan fingerprint density at radius 2 is 1.97 bits per heavy atom. The molecule has 4 rings (SSSR count). The van der Waals surface area contributed by atoms with Crippen molar-refractivity contribution in [3.63, 3.8) is 0 Å². The lowest BCUT2D eigenvalue weighted by Crippen LogP contribution is -2.62. The number of hydrogen-bond acceptors (Lipinski definition) is 6. The second-order valence-corrected chi connectivity index (χ2v) is 10.7. The number of aliphatic hydroxyl groups excluding tert-OH is 1. The Labute approximate surface area is 178 Å². The van der Waals surface area contributed by atoms with Crippen LogP contribution in [0.1, 0.15) is 66.2 Å². The van der Waals surface area contributed by atoms with E-state index >= 15 is 0 Å². The van der Waals surface area contributed by atoms with Crippen LogP contribution in [0.5, 0.6) is 0 Å². The first-order valence-electron chi connectivity index (χ1n) is 11.3. The molecule has 6 heteroatoms. The highest BCUT2D eigenvalue weighted by atomic mass is 16.5. The van der Waals surface area contributed by atoms with Crippen molar-refractivity contribution in [3.05, 3.63) is 11.6 Å². The summed E-state index contributed by atoms with van der Waals surface area (Å²) in [5.41, 5.74) is -1.41. The monoisotopic (exact) mass is 418 g/mol. The Hall–Kier alpha value is -1.53. The molecule has 0 heterocycles. The summed E-state index contributed by atoms with van der Waals surface area (Å²) in [6.07, 6.45) is 4.66. The average molecular weight is 419 g/mol. The van der Waals surface area contributed by atoms with Gasteiger partial charge in [0.25, 0.3) is 0 Å². The van der Waals surface area contributed by atoms with E-state index in [1.54, 1.807) is 0 Å². The van der Waals surface area contributed by atoms with Crippen LogP contribution >= 0.6 is 0 Å². The van der Waals surface area contributed by atoms with Crippen LogP contribution in [0.2, 0.25) is 0 Å². The molecule has 30 heavy (non-hydrogen) atoms. The van der Waals surface area contributed by atoms with Gasteiger partial charge in [-0.25, -0.2) is 0 Å². The number of esters is 1. The summed E-state index contributed by atoms with van der Waals surface area (Å²) in [6, 6.07) is 0. The topological polar surface area (TPSA) is 101 Å². The van der Waals surface area contributed by atoms with E-state index in [1.807, 2.05) is 13.0 Å². The Balaban J connectivity index is 1.69. The van der Waals surface area contributed by atoms with Crippen LogP contribution in [0.3, 0.4) is 0 Å². The molecule has 0 bridgehead atoms. The molecule has 6 nitrogen and oxygen atoms in total. The Bertz CT molecular complexity index is 817. The highest BCUT2D eigenvalue weighted by Gasteiger charge is 2.68. The van der Waals surface area contributed by atoms with Crippen LogP contribution in [0, 0.1) is 34.5 Å². The van der Waals surface area contributed by atoms with Crippen molar-refractivity contribution >= 4 is 17.5 Å². The zero-order valence-corrected chi connectivity index (χ0v) is 18.4. The number of aliphatic hydroxyl groups is 2. The third-order valence-corrected chi connectivity index (χ3v) is 9.23. The number of fused-ring (bicyclic) bond motifs is 5. The van der Waals surface area contributed by atoms with Gasteiger partial charge >= 0.3 is 5.97 Å². The van der Waals surface area contributed by atoms with E-state index in [9.17, 15) is 24.6 Å². The van der Waals surface area contributed by atoms with Gasteiger partial charge in [-0.2, -0.15) is 0 Å². The van der Waals surface area contributed by atoms with Crippen molar-refractivity contribution in [1.82, 2.24) is 0 Å². The summed E-state index contributed by atoms with van der Waals surface area (Å²) in [6.45, 7) is 7.09. The Morgan fingerprint density at radius 3 is 2.63 bits per heavy atom. The number of ether oxygens (including phenoxy) is 1. The molecule has 4 aliphatic rings. The molecule has 4 aliphatic carbocycles. The van der Waals surface area contributed by atoms with Crippen LogP contribution < -0.4 is 0 Å². The average Bonchev–Trinajstić information content (AvgIpc) is 2.93. The van der Waals surface area contributed by atoms with Crippen LogP contribution in [-0.4, -0.2) is 46.1 Å². The second-order valence-electron chi connectivity index (χ2n) is 10.7. The smallest absolute Gasteiger partial charge is 0.303 e. The normalized spacial score (nSPS) is 47.6. The molecule has 0 aliphatic heterocycles. The Morgan fingerprint density at radius 1 is 1.27 bits per heavy atom. The number of Topliss-reactive ketones (excluding diaryl/α,β-unsaturated/α-hetero) is 1. The van der Waals surface area contributed by atoms with Gasteiger partial charge in [0.15, 0.2) is 12.4 Å². The van der Waals surface area contributed by atoms with Gasteiger partial charge in [-0.1, -0.05) is 26.3 Å². The quantitative estimate of drug-likeness (QED) is 0.683. The van der Waals surface area contributed by atoms with Crippen molar-refractivity contribution in [3.8, 4) is 0 Å². The minimum atomic E-state index is -1.60. The summed E-state index contributed by atoms with van der Waals surface area (Å²) in [5.74, 6) is -0.287. The predicted octanol–water partition coefficient (Wildman–Crippen LogP) is 2.60. The summed E-state index contributed by atoms with van der Waals surface area (Å²) in [4.78, 5) is 36.2. The molecular weight excluding hydrogens is 384 g/mol. The number of carbonyl (C=O) groups excluding carboxylic acids is 3. The summed E-state index contributed by atoms with van der Waals surface area (Å²) in [5, 5.41) is 22.9. The molecule has 166 valence electrons. The number of carbonyl (C=O) groups is 3. The van der Waals surface area contributed by atoms with E-state index in [-0.39, 0.29) is 34.9 Å². The molecule has 0 amide bonds. The fourth-order valence-corrected chi connectivity index (χ4v) is 7.87. The van der Waals surface area contributed by atoms with Gasteiger partial charge in [0.1, 0.15) is 5.60 Å². The number of hydrogen-bond donors (Lipinski definition) is 2. The minimum Gasteiger partial charge on any atom is -0.458 e. The van der Waals surface area contributed by atoms with Crippen LogP contribution in [0.25, 0.3) is 0 Å². The maximum atomic E-state index is 12.9. The molecule has 3 saturated carbocycles. The van der Waals surface area contributed by atoms with E-state index in [0.29, 0.717) is 25.7 Å². The van der Waals surface area contributed by atoms with Crippen molar-refractivity contribution < 1.29 is 29.3 Å². The first kappa shape index (κ1) is 21.7. The highest BCUT2D eigenvalue weighted by Crippen LogP contribution is 2.68. The molecule has 0 aromatic carbocycles. The maximum Gasteiger partial charge on any atom is 0.303 e. The van der Waals surface area contributed by atoms with Gasteiger partial charge in [-0.05, 0) is 67.3 Å². The zero-order chi connectivity index (χ0) is 22.1. The molecular formula is C24H34O6. The van der Waals surface area contributed by atoms with Gasteiger partial charge < -0.3 is 14.9 Å². The third kappa shape index (κ3) is 2.86. The van der Waals surface area contributed by atoms with E-state index in [2.05, 4.69) is 13.8 Å². The standard InChI is InChI=1S/C24H34O6/c1-13-9-16-17-6-8-24(29,20(28)12-30-14(2)25)23(17,4)11-19(27)21(16)22(3)7-5-15(26)10-18(13)22/h10,13,16-17,19,21,27,29H,5-9,11-12H2,1-4H3/t13-,16+,17-,19+,21+,22+,23+,24-/m1/s1. The van der Waals surface area contributed by atoms with Gasteiger partial charge in [0.05, 0.1) is 6.10 Å². The third-order valence-electron chi connectivity index (χ3n) is 9.23. The Kier molecular flexibility index (Phi) is 5.06. The minimum absolute atomic E-state index is 0.0250. The molecule has 8 atom stereocenters. The fraction of sp³-hybridized carbons (Fsp3) is 0.792. The molecule has 0 saturated heterocycles. The zero-order valence-electron chi connectivity index (χ0n) is 18.4. The summed E-state index contributed by atoms with van der Waals surface area (Å²) >= 11 is 0. The first-order valence-corrected chi connectivity index (χ1v) is 11.3. The lowest BCUT2D eigenvalue weighted by Gasteiger charge is -2.61. The maximum absolute atomic E-state index is 12.9. The van der Waals surface area contributed by atoms with Crippen LogP contribution in [0.4, 0.5) is 0 Å². The van der Waals surface area contributed by atoms with Gasteiger partial charge in [-0.15, -0.1) is 0 Å². The van der Waals surface area contributed by atoms with Crippen LogP contribution in [0.15, 0.2) is 11.6 Å². The number of allylic oxidation sites excluding steroid dienone is 1. The van der Waals surface area contributed by atoms with E-state index < -0.39 is 35.5 Å². The second kappa shape index (κ2) is 6.99.